The third kappa shape index (κ3) is 5.15. The van der Waals surface area contributed by atoms with Crippen LogP contribution in [-0.2, 0) is 10.0 Å². The van der Waals surface area contributed by atoms with Crippen molar-refractivity contribution in [3.8, 4) is 0 Å². The lowest BCUT2D eigenvalue weighted by atomic mass is 10.1. The minimum absolute atomic E-state index is 0.00434. The first-order valence-electron chi connectivity index (χ1n) is 8.53. The summed E-state index contributed by atoms with van der Waals surface area (Å²) >= 11 is 0. The summed E-state index contributed by atoms with van der Waals surface area (Å²) in [5.41, 5.74) is 0.860. The van der Waals surface area contributed by atoms with Crippen molar-refractivity contribution in [2.24, 2.45) is 0 Å². The predicted molar refractivity (Wildman–Crippen MR) is 104 cm³/mol. The number of amides is 2. The number of hydrogen-bond donors (Lipinski definition) is 3. The van der Waals surface area contributed by atoms with Crippen LogP contribution in [0, 0.1) is 0 Å². The number of carbonyl (C=O) groups excluding carboxylic acids is 2. The van der Waals surface area contributed by atoms with Crippen LogP contribution >= 0.6 is 0 Å². The number of sulfonamides is 1. The van der Waals surface area contributed by atoms with Gasteiger partial charge in [0.2, 0.25) is 10.0 Å². The van der Waals surface area contributed by atoms with Crippen LogP contribution in [0.5, 0.6) is 0 Å². The van der Waals surface area contributed by atoms with E-state index in [9.17, 15) is 18.0 Å². The lowest BCUT2D eigenvalue weighted by Gasteiger charge is -2.15. The molecule has 0 radical (unpaired) electrons. The summed E-state index contributed by atoms with van der Waals surface area (Å²) in [6.45, 7) is 3.86. The van der Waals surface area contributed by atoms with Crippen molar-refractivity contribution < 1.29 is 18.0 Å². The molecule has 0 spiro atoms. The third-order valence-corrected chi connectivity index (χ3v) is 5.50. The maximum absolute atomic E-state index is 12.6. The molecule has 2 rings (SSSR count). The van der Waals surface area contributed by atoms with E-state index in [-0.39, 0.29) is 22.4 Å². The Hall–Kier alpha value is -2.71. The van der Waals surface area contributed by atoms with Gasteiger partial charge in [0.1, 0.15) is 0 Å². The van der Waals surface area contributed by atoms with E-state index in [1.54, 1.807) is 24.3 Å². The van der Waals surface area contributed by atoms with E-state index in [2.05, 4.69) is 15.4 Å². The summed E-state index contributed by atoms with van der Waals surface area (Å²) in [6.07, 6.45) is 0.785. The Morgan fingerprint density at radius 3 is 2.41 bits per heavy atom. The average Bonchev–Trinajstić information content (AvgIpc) is 2.68. The fraction of sp³-hybridized carbons (Fsp3) is 0.263. The number of benzene rings is 2. The Kier molecular flexibility index (Phi) is 6.70. The first-order valence-corrected chi connectivity index (χ1v) is 10.0. The third-order valence-electron chi connectivity index (χ3n) is 4.09. The molecule has 3 N–H and O–H groups in total. The summed E-state index contributed by atoms with van der Waals surface area (Å²) in [6, 6.07) is 12.3. The Morgan fingerprint density at radius 1 is 1.04 bits per heavy atom. The number of para-hydroxylation sites is 1. The van der Waals surface area contributed by atoms with Gasteiger partial charge in [-0.05, 0) is 50.7 Å². The molecular formula is C19H23N3O4S. The molecule has 0 bridgehead atoms. The summed E-state index contributed by atoms with van der Waals surface area (Å²) in [7, 11) is -2.36. The maximum Gasteiger partial charge on any atom is 0.255 e. The fourth-order valence-corrected chi connectivity index (χ4v) is 3.09. The molecule has 1 atom stereocenters. The molecule has 0 saturated heterocycles. The lowest BCUT2D eigenvalue weighted by molar-refractivity contribution is 0.0940. The number of nitrogens with one attached hydrogen (secondary N) is 3. The first-order chi connectivity index (χ1) is 12.8. The van der Waals surface area contributed by atoms with Gasteiger partial charge in [0, 0.05) is 11.6 Å². The molecule has 2 aromatic rings. The number of hydrogen-bond acceptors (Lipinski definition) is 4. The molecule has 8 heteroatoms. The van der Waals surface area contributed by atoms with Crippen molar-refractivity contribution in [1.82, 2.24) is 10.0 Å². The van der Waals surface area contributed by atoms with Crippen LogP contribution in [-0.4, -0.2) is 33.3 Å². The van der Waals surface area contributed by atoms with Crippen LogP contribution in [0.4, 0.5) is 5.69 Å². The van der Waals surface area contributed by atoms with Crippen LogP contribution in [0.25, 0.3) is 0 Å². The Labute approximate surface area is 159 Å². The minimum Gasteiger partial charge on any atom is -0.350 e. The van der Waals surface area contributed by atoms with Crippen molar-refractivity contribution in [1.29, 1.82) is 0 Å². The van der Waals surface area contributed by atoms with Gasteiger partial charge in [-0.1, -0.05) is 25.1 Å². The molecule has 2 aromatic carbocycles. The lowest BCUT2D eigenvalue weighted by Crippen LogP contribution is -2.32. The van der Waals surface area contributed by atoms with E-state index in [1.165, 1.54) is 31.3 Å². The van der Waals surface area contributed by atoms with E-state index in [0.717, 1.165) is 6.42 Å². The molecule has 27 heavy (non-hydrogen) atoms. The van der Waals surface area contributed by atoms with Gasteiger partial charge in [-0.2, -0.15) is 0 Å². The van der Waals surface area contributed by atoms with Gasteiger partial charge in [0.05, 0.1) is 16.1 Å². The molecule has 0 aliphatic rings. The zero-order valence-electron chi connectivity index (χ0n) is 15.4. The normalized spacial score (nSPS) is 12.3. The van der Waals surface area contributed by atoms with Crippen molar-refractivity contribution in [3.05, 3.63) is 59.7 Å². The van der Waals surface area contributed by atoms with E-state index in [1.807, 2.05) is 13.8 Å². The topological polar surface area (TPSA) is 104 Å². The molecule has 144 valence electrons. The predicted octanol–water partition coefficient (Wildman–Crippen LogP) is 2.38. The Morgan fingerprint density at radius 2 is 1.74 bits per heavy atom. The van der Waals surface area contributed by atoms with Gasteiger partial charge in [-0.15, -0.1) is 0 Å². The highest BCUT2D eigenvalue weighted by Gasteiger charge is 2.17. The Balaban J connectivity index is 2.27. The number of anilines is 1. The second-order valence-electron chi connectivity index (χ2n) is 6.02. The summed E-state index contributed by atoms with van der Waals surface area (Å²) in [5, 5.41) is 5.54. The fourth-order valence-electron chi connectivity index (χ4n) is 2.31. The molecule has 2 amide bonds. The average molecular weight is 389 g/mol. The molecule has 0 aromatic heterocycles. The van der Waals surface area contributed by atoms with E-state index in [0.29, 0.717) is 11.3 Å². The van der Waals surface area contributed by atoms with Crippen LogP contribution < -0.4 is 15.4 Å². The van der Waals surface area contributed by atoms with E-state index < -0.39 is 15.9 Å². The standard InChI is InChI=1S/C19H23N3O4S/c1-4-13(2)21-19(24)16-10-5-6-11-17(16)22-18(23)14-8-7-9-15(12-14)27(25,26)20-3/h5-13,20H,4H2,1-3H3,(H,21,24)(H,22,23). The molecule has 1 unspecified atom stereocenters. The smallest absolute Gasteiger partial charge is 0.255 e. The highest BCUT2D eigenvalue weighted by molar-refractivity contribution is 7.89. The molecule has 0 aliphatic carbocycles. The second kappa shape index (κ2) is 8.79. The van der Waals surface area contributed by atoms with Gasteiger partial charge in [0.25, 0.3) is 11.8 Å². The summed E-state index contributed by atoms with van der Waals surface area (Å²) < 4.78 is 26.0. The number of rotatable bonds is 7. The van der Waals surface area contributed by atoms with E-state index >= 15 is 0 Å². The summed E-state index contributed by atoms with van der Waals surface area (Å²) in [5.74, 6) is -0.793. The second-order valence-corrected chi connectivity index (χ2v) is 7.90. The van der Waals surface area contributed by atoms with Crippen LogP contribution in [0.15, 0.2) is 53.4 Å². The van der Waals surface area contributed by atoms with Gasteiger partial charge in [0.15, 0.2) is 0 Å². The highest BCUT2D eigenvalue weighted by atomic mass is 32.2. The van der Waals surface area contributed by atoms with Crippen molar-refractivity contribution in [2.45, 2.75) is 31.2 Å². The largest absolute Gasteiger partial charge is 0.350 e. The van der Waals surface area contributed by atoms with Gasteiger partial charge >= 0.3 is 0 Å². The molecular weight excluding hydrogens is 366 g/mol. The monoisotopic (exact) mass is 389 g/mol. The summed E-state index contributed by atoms with van der Waals surface area (Å²) in [4.78, 5) is 25.0. The number of carbonyl (C=O) groups is 2. The molecule has 7 nitrogen and oxygen atoms in total. The van der Waals surface area contributed by atoms with Crippen LogP contribution in [0.1, 0.15) is 41.0 Å². The maximum atomic E-state index is 12.6. The van der Waals surface area contributed by atoms with Crippen molar-refractivity contribution >= 4 is 27.5 Å². The van der Waals surface area contributed by atoms with Gasteiger partial charge in [-0.3, -0.25) is 9.59 Å². The zero-order valence-corrected chi connectivity index (χ0v) is 16.3. The van der Waals surface area contributed by atoms with Crippen molar-refractivity contribution in [2.75, 3.05) is 12.4 Å². The zero-order chi connectivity index (χ0) is 20.0. The quantitative estimate of drug-likeness (QED) is 0.676. The first kappa shape index (κ1) is 20.6. The van der Waals surface area contributed by atoms with Gasteiger partial charge in [-0.25, -0.2) is 13.1 Å². The van der Waals surface area contributed by atoms with E-state index in [4.69, 9.17) is 0 Å². The highest BCUT2D eigenvalue weighted by Crippen LogP contribution is 2.18. The Bertz CT molecular complexity index is 941. The molecule has 0 saturated carbocycles. The molecule has 0 aliphatic heterocycles. The van der Waals surface area contributed by atoms with Crippen LogP contribution in [0.2, 0.25) is 0 Å². The molecule has 0 heterocycles. The SMILES string of the molecule is CCC(C)NC(=O)c1ccccc1NC(=O)c1cccc(S(=O)(=O)NC)c1. The van der Waals surface area contributed by atoms with Gasteiger partial charge < -0.3 is 10.6 Å². The molecule has 0 fully saturated rings. The van der Waals surface area contributed by atoms with Crippen molar-refractivity contribution in [3.63, 3.8) is 0 Å². The minimum atomic E-state index is -3.66. The van der Waals surface area contributed by atoms with Crippen LogP contribution in [0.3, 0.4) is 0 Å².